The monoisotopic (exact) mass is 1770 g/mol. The highest BCUT2D eigenvalue weighted by atomic mass is 14.3. The topological polar surface area (TPSA) is 0 Å². The second-order valence-electron chi connectivity index (χ2n) is 39.2. The first-order chi connectivity index (χ1) is 69.4. The first kappa shape index (κ1) is 78.6. The van der Waals surface area contributed by atoms with Gasteiger partial charge >= 0.3 is 0 Å². The predicted octanol–water partition coefficient (Wildman–Crippen LogP) is 38.4. The van der Waals surface area contributed by atoms with E-state index in [1.807, 2.05) is 0 Å². The van der Waals surface area contributed by atoms with Gasteiger partial charge in [-0.3, -0.25) is 0 Å². The van der Waals surface area contributed by atoms with Gasteiger partial charge in [-0.05, 0) is 389 Å². The Kier molecular flexibility index (Phi) is 17.4. The van der Waals surface area contributed by atoms with Gasteiger partial charge in [0.2, 0.25) is 0 Å². The van der Waals surface area contributed by atoms with Gasteiger partial charge in [0.25, 0.3) is 0 Å². The summed E-state index contributed by atoms with van der Waals surface area (Å²) in [7, 11) is 0. The average Bonchev–Trinajstić information content (AvgIpc) is 1.15. The number of benzene rings is 31. The molecule has 0 atom stereocenters. The summed E-state index contributed by atoms with van der Waals surface area (Å²) in [6, 6.07) is 174. The summed E-state index contributed by atoms with van der Waals surface area (Å²) >= 11 is 0. The van der Waals surface area contributed by atoms with Crippen LogP contribution >= 0.6 is 0 Å². The maximum absolute atomic E-state index is 2.48. The van der Waals surface area contributed by atoms with Crippen LogP contribution in [0.4, 0.5) is 0 Å². The quantitative estimate of drug-likeness (QED) is 0.105. The normalized spacial score (nSPS) is 12.6. The van der Waals surface area contributed by atoms with Crippen LogP contribution in [0.15, 0.2) is 473 Å². The third-order valence-corrected chi connectivity index (χ3v) is 31.8. The number of fused-ring (bicyclic) bond motifs is 29. The minimum Gasteiger partial charge on any atom is -0.0619 e. The fourth-order valence-electron chi connectivity index (χ4n) is 25.8. The molecule has 0 fully saturated rings. The van der Waals surface area contributed by atoms with E-state index in [1.54, 1.807) is 0 Å². The van der Waals surface area contributed by atoms with E-state index in [0.717, 1.165) is 25.7 Å². The Hall–Kier alpha value is -17.7. The van der Waals surface area contributed by atoms with Crippen LogP contribution in [0.25, 0.3) is 271 Å². The molecule has 0 spiro atoms. The Balaban J connectivity index is 0.0000000792. The number of hydrogen-bond acceptors (Lipinski definition) is 0. The fraction of sp³-hybridized carbons (Fsp3) is 0.0286. The van der Waals surface area contributed by atoms with Gasteiger partial charge in [-0.15, -0.1) is 0 Å². The van der Waals surface area contributed by atoms with Crippen LogP contribution in [0.5, 0.6) is 0 Å². The van der Waals surface area contributed by atoms with E-state index in [1.165, 1.54) is 315 Å². The molecule has 35 rings (SSSR count). The molecule has 4 aliphatic carbocycles. The molecule has 646 valence electrons. The Morgan fingerprint density at radius 2 is 0.343 bits per heavy atom. The van der Waals surface area contributed by atoms with Gasteiger partial charge in [-0.25, -0.2) is 0 Å². The van der Waals surface area contributed by atoms with Gasteiger partial charge in [0, 0.05) is 0 Å². The Labute approximate surface area is 808 Å². The van der Waals surface area contributed by atoms with Crippen LogP contribution in [0.2, 0.25) is 0 Å². The maximum Gasteiger partial charge on any atom is -0.00130 e. The Morgan fingerprint density at radius 3 is 0.764 bits per heavy atom. The van der Waals surface area contributed by atoms with Crippen LogP contribution < -0.4 is 0 Å². The number of rotatable bonds is 0. The smallest absolute Gasteiger partial charge is 0.00130 e. The van der Waals surface area contributed by atoms with Crippen molar-refractivity contribution in [1.29, 1.82) is 0 Å². The third-order valence-electron chi connectivity index (χ3n) is 31.8. The van der Waals surface area contributed by atoms with Gasteiger partial charge < -0.3 is 0 Å². The van der Waals surface area contributed by atoms with Crippen LogP contribution in [0.3, 0.4) is 0 Å². The summed E-state index contributed by atoms with van der Waals surface area (Å²) < 4.78 is 0. The lowest BCUT2D eigenvalue weighted by Crippen LogP contribution is -1.87. The van der Waals surface area contributed by atoms with Crippen LogP contribution in [-0.4, -0.2) is 0 Å². The lowest BCUT2D eigenvalue weighted by molar-refractivity contribution is 1.24. The molecule has 0 N–H and O–H groups in total. The fourth-order valence-corrected chi connectivity index (χ4v) is 25.8. The summed E-state index contributed by atoms with van der Waals surface area (Å²) in [6.45, 7) is 0. The molecule has 0 aliphatic heterocycles. The molecular weight excluding hydrogens is 1680 g/mol. The van der Waals surface area contributed by atoms with Crippen molar-refractivity contribution in [1.82, 2.24) is 0 Å². The van der Waals surface area contributed by atoms with Crippen molar-refractivity contribution in [3.05, 3.63) is 518 Å². The minimum absolute atomic E-state index is 1.04. The molecule has 4 aliphatic rings. The van der Waals surface area contributed by atoms with E-state index in [-0.39, 0.29) is 0 Å². The van der Waals surface area contributed by atoms with Crippen molar-refractivity contribution in [3.8, 4) is 44.5 Å². The molecule has 31 aromatic rings. The standard InChI is InChI=1S/C28H18.C24H16.2C24H14.2C20H12/c1-3-7-23-17(5-1)9-11-19-13-21-16-26-22(15-25(21)27(19)23)14-20-12-10-18-6-2-4-8-24(18)28(20)26;1-4-8-21-15(5-1)9-10-17-12-19-13-22-18(14-23(19)24(17)21)11-16-6-2-3-7-20(16)22;1-2-9-17-16(6-1)14-22-21-11-4-8-15-7-3-10-19(23(15)21)20-13-5-12-18(17)24(20)22;1-2-5-18-14-22-20(12-17(18)4-1)13-19-9-8-15-6-3-7-16-10-11-21(22)24(19)23(15)16;2*1-5-13-6-2-11-17-18-12-4-8-14-7-3-10-16(20(14)18)15(9-1)19(13)17/h1-12,15-16H,13-14H2;1-10,13-14H,11-12H2;2*1-14H;2*1-12H. The summed E-state index contributed by atoms with van der Waals surface area (Å²) in [5.41, 5.74) is 23.4. The van der Waals surface area contributed by atoms with E-state index < -0.39 is 0 Å². The van der Waals surface area contributed by atoms with Crippen molar-refractivity contribution < 1.29 is 0 Å². The van der Waals surface area contributed by atoms with E-state index >= 15 is 0 Å². The molecule has 0 unspecified atom stereocenters. The average molecular weight is 1770 g/mol. The largest absolute Gasteiger partial charge is 0.0619 e. The van der Waals surface area contributed by atoms with E-state index in [9.17, 15) is 0 Å². The number of hydrogen-bond donors (Lipinski definition) is 0. The zero-order chi connectivity index (χ0) is 91.5. The molecule has 140 heavy (non-hydrogen) atoms. The molecule has 0 radical (unpaired) electrons. The molecule has 0 nitrogen and oxygen atoms in total. The van der Waals surface area contributed by atoms with Gasteiger partial charge in [0.1, 0.15) is 0 Å². The van der Waals surface area contributed by atoms with Gasteiger partial charge in [0.15, 0.2) is 0 Å². The highest BCUT2D eigenvalue weighted by Crippen LogP contribution is 2.53. The minimum atomic E-state index is 1.04. The second kappa shape index (κ2) is 30.9. The van der Waals surface area contributed by atoms with Gasteiger partial charge in [0.05, 0.1) is 0 Å². The molecule has 0 saturated heterocycles. The molecule has 0 heteroatoms. The predicted molar refractivity (Wildman–Crippen MR) is 604 cm³/mol. The molecule has 31 aromatic carbocycles. The van der Waals surface area contributed by atoms with E-state index in [4.69, 9.17) is 0 Å². The van der Waals surface area contributed by atoms with Crippen molar-refractivity contribution in [2.45, 2.75) is 25.7 Å². The maximum atomic E-state index is 2.48. The van der Waals surface area contributed by atoms with Gasteiger partial charge in [-0.1, -0.05) is 425 Å². The zero-order valence-electron chi connectivity index (χ0n) is 76.9. The van der Waals surface area contributed by atoms with Crippen molar-refractivity contribution in [2.24, 2.45) is 0 Å². The molecule has 0 amide bonds. The SMILES string of the molecule is c1cc2cccc3c4cccc5cccc(c(c1)c23)c54.c1cc2cccc3c4cccc5cccc(c(c1)c23)c54.c1ccc2c(c1)Cc1cc3c(cc1-2)Cc1ccc2ccccc2c1-3.c1ccc2c(c1)cc1c3cccc4cccc(c5cccc2c51)c43.c1ccc2c3c(ccc2c1)Cc1cc2c(cc1-3)Cc1ccc3ccccc3c1-2.c1ccc2cc3c(cc2c1)cc1ccc2cccc4ccc3c1c24. The first-order valence-corrected chi connectivity index (χ1v) is 49.4. The summed E-state index contributed by atoms with van der Waals surface area (Å²) in [6.07, 6.45) is 4.22. The molecule has 0 saturated carbocycles. The summed E-state index contributed by atoms with van der Waals surface area (Å²) in [5.74, 6) is 0. The second-order valence-corrected chi connectivity index (χ2v) is 39.2. The Morgan fingerprint density at radius 1 is 0.0929 bits per heavy atom. The van der Waals surface area contributed by atoms with Crippen molar-refractivity contribution >= 4 is 226 Å². The van der Waals surface area contributed by atoms with Crippen LogP contribution in [0.1, 0.15) is 44.5 Å². The highest BCUT2D eigenvalue weighted by Gasteiger charge is 2.31. The summed E-state index contributed by atoms with van der Waals surface area (Å²) in [4.78, 5) is 0. The van der Waals surface area contributed by atoms with Crippen LogP contribution in [0, 0.1) is 0 Å². The zero-order valence-corrected chi connectivity index (χ0v) is 76.9. The van der Waals surface area contributed by atoms with Crippen LogP contribution in [-0.2, 0) is 25.7 Å². The van der Waals surface area contributed by atoms with E-state index in [0.29, 0.717) is 0 Å². The van der Waals surface area contributed by atoms with Crippen molar-refractivity contribution in [3.63, 3.8) is 0 Å². The molecule has 0 aromatic heterocycles. The summed E-state index contributed by atoms with van der Waals surface area (Å²) in [5, 5.41) is 56.9. The lowest BCUT2D eigenvalue weighted by Gasteiger charge is -2.15. The molecule has 0 bridgehead atoms. The highest BCUT2D eigenvalue weighted by molar-refractivity contribution is 6.38. The third kappa shape index (κ3) is 12.0. The van der Waals surface area contributed by atoms with E-state index in [2.05, 4.69) is 473 Å². The molecule has 0 heterocycles. The Bertz CT molecular complexity index is 10000. The molecular formula is C140H86. The van der Waals surface area contributed by atoms with Crippen molar-refractivity contribution in [2.75, 3.05) is 0 Å². The lowest BCUT2D eigenvalue weighted by atomic mass is 9.88. The first-order valence-electron chi connectivity index (χ1n) is 49.4. The van der Waals surface area contributed by atoms with Gasteiger partial charge in [-0.2, -0.15) is 0 Å².